The lowest BCUT2D eigenvalue weighted by atomic mass is 10.3. The summed E-state index contributed by atoms with van der Waals surface area (Å²) in [4.78, 5) is 0. The zero-order valence-corrected chi connectivity index (χ0v) is 7.14. The molecule has 1 aromatic carbocycles. The molecule has 0 saturated heterocycles. The summed E-state index contributed by atoms with van der Waals surface area (Å²) in [7, 11) is 0. The topological polar surface area (TPSA) is 30.5 Å². The van der Waals surface area contributed by atoms with Gasteiger partial charge in [-0.2, -0.15) is 0 Å². The van der Waals surface area contributed by atoms with Crippen LogP contribution in [0.2, 0.25) is 0 Å². The number of nitrogens with one attached hydrogen (secondary N) is 1. The van der Waals surface area contributed by atoms with Crippen LogP contribution in [0.25, 0.3) is 0 Å². The van der Waals surface area contributed by atoms with Gasteiger partial charge in [0.2, 0.25) is 0 Å². The summed E-state index contributed by atoms with van der Waals surface area (Å²) in [5.74, 6) is 0. The second-order valence-electron chi connectivity index (χ2n) is 2.72. The Hall–Kier alpha value is -1.64. The van der Waals surface area contributed by atoms with E-state index >= 15 is 0 Å². The van der Waals surface area contributed by atoms with Crippen molar-refractivity contribution in [3.63, 3.8) is 0 Å². The number of para-hydroxylation sites is 1. The normalized spacial score (nSPS) is 15.1. The molecule has 0 unspecified atom stereocenters. The summed E-state index contributed by atoms with van der Waals surface area (Å²) in [6.07, 6.45) is 2.91. The summed E-state index contributed by atoms with van der Waals surface area (Å²) in [6.45, 7) is 0.650. The van der Waals surface area contributed by atoms with E-state index in [4.69, 9.17) is 9.47 Å². The molecule has 0 bridgehead atoms. The SMILES string of the molecule is C1=COC(CNc2ccccc2)O1. The minimum atomic E-state index is -0.194. The Morgan fingerprint density at radius 2 is 1.77 bits per heavy atom. The first-order valence-corrected chi connectivity index (χ1v) is 4.20. The van der Waals surface area contributed by atoms with E-state index in [0.717, 1.165) is 5.69 Å². The lowest BCUT2D eigenvalue weighted by Gasteiger charge is -2.11. The van der Waals surface area contributed by atoms with Crippen LogP contribution in [-0.2, 0) is 9.47 Å². The van der Waals surface area contributed by atoms with Gasteiger partial charge in [-0.3, -0.25) is 0 Å². The molecule has 3 heteroatoms. The van der Waals surface area contributed by atoms with Gasteiger partial charge in [-0.15, -0.1) is 0 Å². The van der Waals surface area contributed by atoms with Crippen molar-refractivity contribution in [3.05, 3.63) is 42.9 Å². The summed E-state index contributed by atoms with van der Waals surface area (Å²) >= 11 is 0. The molecule has 0 fully saturated rings. The fourth-order valence-corrected chi connectivity index (χ4v) is 1.12. The summed E-state index contributed by atoms with van der Waals surface area (Å²) in [5, 5.41) is 3.20. The molecule has 0 spiro atoms. The smallest absolute Gasteiger partial charge is 0.256 e. The Morgan fingerprint density at radius 1 is 1.08 bits per heavy atom. The zero-order valence-electron chi connectivity index (χ0n) is 7.14. The molecule has 0 saturated carbocycles. The molecule has 3 nitrogen and oxygen atoms in total. The van der Waals surface area contributed by atoms with Crippen molar-refractivity contribution >= 4 is 5.69 Å². The van der Waals surface area contributed by atoms with E-state index in [9.17, 15) is 0 Å². The standard InChI is InChI=1S/C10H11NO2/c1-2-4-9(5-3-1)11-8-10-12-6-7-13-10/h1-7,10-11H,8H2. The molecular weight excluding hydrogens is 166 g/mol. The van der Waals surface area contributed by atoms with E-state index in [-0.39, 0.29) is 6.29 Å². The minimum absolute atomic E-state index is 0.194. The van der Waals surface area contributed by atoms with E-state index in [2.05, 4.69) is 5.32 Å². The summed E-state index contributed by atoms with van der Waals surface area (Å²) < 4.78 is 10.2. The molecule has 0 atom stereocenters. The monoisotopic (exact) mass is 177 g/mol. The zero-order chi connectivity index (χ0) is 8.93. The molecule has 1 aromatic rings. The van der Waals surface area contributed by atoms with Crippen LogP contribution >= 0.6 is 0 Å². The average Bonchev–Trinajstić information content (AvgIpc) is 2.69. The van der Waals surface area contributed by atoms with Crippen molar-refractivity contribution in [2.24, 2.45) is 0 Å². The molecule has 68 valence electrons. The molecule has 1 heterocycles. The van der Waals surface area contributed by atoms with Crippen LogP contribution in [0, 0.1) is 0 Å². The molecule has 13 heavy (non-hydrogen) atoms. The van der Waals surface area contributed by atoms with Crippen molar-refractivity contribution in [1.82, 2.24) is 0 Å². The highest BCUT2D eigenvalue weighted by Crippen LogP contribution is 2.08. The third-order valence-electron chi connectivity index (χ3n) is 1.76. The quantitative estimate of drug-likeness (QED) is 0.765. The Kier molecular flexibility index (Phi) is 2.36. The third kappa shape index (κ3) is 2.15. The van der Waals surface area contributed by atoms with Gasteiger partial charge in [-0.05, 0) is 12.1 Å². The second kappa shape index (κ2) is 3.85. The number of ether oxygens (including phenoxy) is 2. The van der Waals surface area contributed by atoms with Gasteiger partial charge in [0.05, 0.1) is 6.54 Å². The maximum atomic E-state index is 5.11. The lowest BCUT2D eigenvalue weighted by Crippen LogP contribution is -2.19. The Balaban J connectivity index is 1.80. The molecule has 1 aliphatic heterocycles. The van der Waals surface area contributed by atoms with Crippen LogP contribution in [0.3, 0.4) is 0 Å². The van der Waals surface area contributed by atoms with Gasteiger partial charge in [0, 0.05) is 5.69 Å². The number of anilines is 1. The van der Waals surface area contributed by atoms with Crippen LogP contribution in [0.5, 0.6) is 0 Å². The van der Waals surface area contributed by atoms with Crippen molar-refractivity contribution in [2.75, 3.05) is 11.9 Å². The highest BCUT2D eigenvalue weighted by molar-refractivity contribution is 5.42. The van der Waals surface area contributed by atoms with E-state index in [1.807, 2.05) is 30.3 Å². The molecular formula is C10H11NO2. The van der Waals surface area contributed by atoms with Crippen molar-refractivity contribution in [3.8, 4) is 0 Å². The van der Waals surface area contributed by atoms with Gasteiger partial charge in [-0.1, -0.05) is 18.2 Å². The average molecular weight is 177 g/mol. The van der Waals surface area contributed by atoms with Gasteiger partial charge in [0.25, 0.3) is 6.29 Å². The van der Waals surface area contributed by atoms with E-state index in [0.29, 0.717) is 6.54 Å². The van der Waals surface area contributed by atoms with Crippen molar-refractivity contribution < 1.29 is 9.47 Å². The van der Waals surface area contributed by atoms with Crippen LogP contribution in [0.15, 0.2) is 42.9 Å². The minimum Gasteiger partial charge on any atom is -0.457 e. The van der Waals surface area contributed by atoms with E-state index < -0.39 is 0 Å². The van der Waals surface area contributed by atoms with Crippen LogP contribution < -0.4 is 5.32 Å². The summed E-state index contributed by atoms with van der Waals surface area (Å²) in [6, 6.07) is 9.95. The molecule has 0 aromatic heterocycles. The highest BCUT2D eigenvalue weighted by atomic mass is 16.7. The largest absolute Gasteiger partial charge is 0.457 e. The van der Waals surface area contributed by atoms with Gasteiger partial charge in [0.15, 0.2) is 0 Å². The maximum Gasteiger partial charge on any atom is 0.256 e. The Morgan fingerprint density at radius 3 is 2.46 bits per heavy atom. The van der Waals surface area contributed by atoms with Gasteiger partial charge >= 0.3 is 0 Å². The first kappa shape index (κ1) is 7.98. The molecule has 0 aliphatic carbocycles. The number of hydrogen-bond donors (Lipinski definition) is 1. The molecule has 0 radical (unpaired) electrons. The molecule has 2 rings (SSSR count). The van der Waals surface area contributed by atoms with Crippen LogP contribution in [-0.4, -0.2) is 12.8 Å². The predicted octanol–water partition coefficient (Wildman–Crippen LogP) is 1.94. The first-order chi connectivity index (χ1) is 6.45. The van der Waals surface area contributed by atoms with E-state index in [1.54, 1.807) is 12.5 Å². The molecule has 1 N–H and O–H groups in total. The summed E-state index contributed by atoms with van der Waals surface area (Å²) in [5.41, 5.74) is 1.07. The fourth-order valence-electron chi connectivity index (χ4n) is 1.12. The van der Waals surface area contributed by atoms with E-state index in [1.165, 1.54) is 0 Å². The Bertz CT molecular complexity index is 276. The molecule has 1 aliphatic rings. The van der Waals surface area contributed by atoms with Crippen LogP contribution in [0.4, 0.5) is 5.69 Å². The predicted molar refractivity (Wildman–Crippen MR) is 50.0 cm³/mol. The number of hydrogen-bond acceptors (Lipinski definition) is 3. The van der Waals surface area contributed by atoms with Crippen molar-refractivity contribution in [1.29, 1.82) is 0 Å². The lowest BCUT2D eigenvalue weighted by molar-refractivity contribution is -0.0104. The maximum absolute atomic E-state index is 5.11. The van der Waals surface area contributed by atoms with Gasteiger partial charge in [-0.25, -0.2) is 0 Å². The molecule has 0 amide bonds. The number of rotatable bonds is 3. The van der Waals surface area contributed by atoms with Gasteiger partial charge in [0.1, 0.15) is 12.5 Å². The fraction of sp³-hybridized carbons (Fsp3) is 0.200. The highest BCUT2D eigenvalue weighted by Gasteiger charge is 2.10. The number of benzene rings is 1. The van der Waals surface area contributed by atoms with Crippen molar-refractivity contribution in [2.45, 2.75) is 6.29 Å². The van der Waals surface area contributed by atoms with Gasteiger partial charge < -0.3 is 14.8 Å². The van der Waals surface area contributed by atoms with Crippen LogP contribution in [0.1, 0.15) is 0 Å². The second-order valence-corrected chi connectivity index (χ2v) is 2.72. The third-order valence-corrected chi connectivity index (χ3v) is 1.76. The Labute approximate surface area is 77.0 Å². The first-order valence-electron chi connectivity index (χ1n) is 4.20.